The average Bonchev–Trinajstić information content (AvgIpc) is 3.37. The van der Waals surface area contributed by atoms with Gasteiger partial charge in [-0.3, -0.25) is 4.79 Å². The molecule has 0 radical (unpaired) electrons. The monoisotopic (exact) mass is 645 g/mol. The fourth-order valence-electron chi connectivity index (χ4n) is 10.6. The molecule has 3 aromatic rings. The number of H-pyrrole nitrogens is 1. The average molecular weight is 647 g/mol. The molecule has 7 atom stereocenters. The van der Waals surface area contributed by atoms with Crippen molar-refractivity contribution in [2.75, 3.05) is 0 Å². The van der Waals surface area contributed by atoms with Gasteiger partial charge >= 0.3 is 5.97 Å². The summed E-state index contributed by atoms with van der Waals surface area (Å²) in [5.74, 6) is -0.544. The summed E-state index contributed by atoms with van der Waals surface area (Å²) in [5, 5.41) is 33.5. The van der Waals surface area contributed by atoms with Crippen LogP contribution in [-0.4, -0.2) is 26.3 Å². The second-order valence-electron chi connectivity index (χ2n) is 15.7. The zero-order valence-corrected chi connectivity index (χ0v) is 27.8. The van der Waals surface area contributed by atoms with Gasteiger partial charge in [-0.15, -0.1) is 0 Å². The lowest BCUT2D eigenvalue weighted by Crippen LogP contribution is -2.62. The van der Waals surface area contributed by atoms with Crippen LogP contribution in [0.15, 0.2) is 46.6 Å². The smallest absolute Gasteiger partial charge is 0.309 e. The number of aliphatic carboxylic acids is 1. The number of carbonyl (C=O) groups is 1. The van der Waals surface area contributed by atoms with Crippen molar-refractivity contribution < 1.29 is 20.1 Å². The number of hydrogen-bond donors (Lipinski definition) is 4. The number of phenolic OH excluding ortho intramolecular Hbond substituents is 2. The van der Waals surface area contributed by atoms with Crippen molar-refractivity contribution in [1.29, 1.82) is 0 Å². The molecular weight excluding hydrogens is 602 g/mol. The largest absolute Gasteiger partial charge is 0.504 e. The molecule has 6 heteroatoms. The van der Waals surface area contributed by atoms with E-state index in [1.165, 1.54) is 11.1 Å². The number of carboxylic acids is 1. The van der Waals surface area contributed by atoms with Crippen molar-refractivity contribution in [2.45, 2.75) is 97.8 Å². The number of halogens is 1. The fraction of sp³-hybridized carbons (Fsp3) is 0.541. The first-order chi connectivity index (χ1) is 20.1. The number of aromatic nitrogens is 1. The van der Waals surface area contributed by atoms with Crippen LogP contribution in [0, 0.1) is 34.5 Å². The standard InChI is InChI=1S/C37H44BrNO4/c1-20-30-23(24-19-39-26-15-21(38)7-8-22(24)26)16-28-35(4,25(30)17-27(40)31(20)41)12-14-37(6)29-18-34(3,32(42)43)10-9-33(29,2)11-13-36(28,37)5/h7-8,15-17,19,23,29,39-41H,9-14,18H2,1-6H3,(H,42,43)/t23?,29-,33-,34-,35+,36-,37+/m1/s1. The molecule has 0 amide bonds. The lowest BCUT2D eigenvalue weighted by Gasteiger charge is -2.70. The molecule has 0 bridgehead atoms. The van der Waals surface area contributed by atoms with Gasteiger partial charge in [0, 0.05) is 32.9 Å². The Bertz CT molecular complexity index is 1740. The number of aromatic amines is 1. The molecule has 3 fully saturated rings. The highest BCUT2D eigenvalue weighted by molar-refractivity contribution is 9.10. The first-order valence-electron chi connectivity index (χ1n) is 15.9. The number of hydrogen-bond acceptors (Lipinski definition) is 3. The molecule has 228 valence electrons. The molecule has 3 saturated carbocycles. The molecule has 2 aromatic carbocycles. The second kappa shape index (κ2) is 8.93. The topological polar surface area (TPSA) is 93.5 Å². The van der Waals surface area contributed by atoms with Crippen molar-refractivity contribution in [3.63, 3.8) is 0 Å². The van der Waals surface area contributed by atoms with E-state index in [1.807, 2.05) is 19.9 Å². The van der Waals surface area contributed by atoms with E-state index >= 15 is 0 Å². The minimum Gasteiger partial charge on any atom is -0.504 e. The van der Waals surface area contributed by atoms with Gasteiger partial charge in [-0.25, -0.2) is 0 Å². The van der Waals surface area contributed by atoms with Crippen molar-refractivity contribution >= 4 is 32.8 Å². The Morgan fingerprint density at radius 2 is 1.70 bits per heavy atom. The third kappa shape index (κ3) is 3.65. The number of allylic oxidation sites excluding steroid dienone is 2. The maximum atomic E-state index is 12.5. The number of carboxylic acid groups (broad SMARTS) is 1. The molecule has 0 spiro atoms. The lowest BCUT2D eigenvalue weighted by atomic mass is 9.34. The zero-order chi connectivity index (χ0) is 30.9. The minimum absolute atomic E-state index is 0.0396. The Morgan fingerprint density at radius 1 is 0.977 bits per heavy atom. The van der Waals surface area contributed by atoms with E-state index in [0.29, 0.717) is 5.92 Å². The summed E-state index contributed by atoms with van der Waals surface area (Å²) in [5.41, 5.74) is 5.52. The van der Waals surface area contributed by atoms with Gasteiger partial charge in [0.15, 0.2) is 11.5 Å². The van der Waals surface area contributed by atoms with Crippen molar-refractivity contribution in [1.82, 2.24) is 4.98 Å². The minimum atomic E-state index is -0.693. The van der Waals surface area contributed by atoms with Crippen LogP contribution in [0.4, 0.5) is 0 Å². The number of aromatic hydroxyl groups is 2. The summed E-state index contributed by atoms with van der Waals surface area (Å²) in [6, 6.07) is 8.17. The molecule has 4 N–H and O–H groups in total. The van der Waals surface area contributed by atoms with Crippen molar-refractivity contribution in [3.8, 4) is 11.5 Å². The van der Waals surface area contributed by atoms with E-state index < -0.39 is 11.4 Å². The fourth-order valence-corrected chi connectivity index (χ4v) is 10.9. The normalized spacial score (nSPS) is 38.4. The van der Waals surface area contributed by atoms with Gasteiger partial charge in [0.1, 0.15) is 0 Å². The molecular formula is C37H44BrNO4. The van der Waals surface area contributed by atoms with Crippen LogP contribution >= 0.6 is 15.9 Å². The van der Waals surface area contributed by atoms with Crippen LogP contribution in [-0.2, 0) is 10.2 Å². The first kappa shape index (κ1) is 29.0. The third-order valence-corrected chi connectivity index (χ3v) is 14.1. The van der Waals surface area contributed by atoms with Gasteiger partial charge in [-0.1, -0.05) is 61.3 Å². The molecule has 0 saturated heterocycles. The number of phenols is 2. The van der Waals surface area contributed by atoms with Gasteiger partial charge in [-0.05, 0) is 121 Å². The Balaban J connectivity index is 1.46. The van der Waals surface area contributed by atoms with E-state index in [4.69, 9.17) is 0 Å². The van der Waals surface area contributed by atoms with Gasteiger partial charge in [0.05, 0.1) is 5.41 Å². The summed E-state index contributed by atoms with van der Waals surface area (Å²) in [6.07, 6.45) is 11.1. The van der Waals surface area contributed by atoms with Crippen LogP contribution in [0.2, 0.25) is 0 Å². The maximum absolute atomic E-state index is 12.5. The highest BCUT2D eigenvalue weighted by Crippen LogP contribution is 2.75. The van der Waals surface area contributed by atoms with E-state index in [2.05, 4.69) is 79.1 Å². The quantitative estimate of drug-likeness (QED) is 0.165. The molecule has 4 aliphatic rings. The Hall–Kier alpha value is -2.73. The molecule has 4 aliphatic carbocycles. The zero-order valence-electron chi connectivity index (χ0n) is 26.2. The molecule has 5 nitrogen and oxygen atoms in total. The van der Waals surface area contributed by atoms with Gasteiger partial charge in [0.25, 0.3) is 0 Å². The second-order valence-corrected chi connectivity index (χ2v) is 16.6. The predicted molar refractivity (Wildman–Crippen MR) is 174 cm³/mol. The SMILES string of the molecule is Cc1c(O)c(O)cc2c1C(c1c[nH]c3cc(Br)ccc13)C=C1[C@@]2(C)CC[C@@]2(C)[C@@H]3C[C@](C)(C(=O)O)CC[C@]3(C)CC[C@]12C. The van der Waals surface area contributed by atoms with Crippen LogP contribution < -0.4 is 0 Å². The van der Waals surface area contributed by atoms with Gasteiger partial charge in [0.2, 0.25) is 0 Å². The molecule has 1 heterocycles. The van der Waals surface area contributed by atoms with Crippen LogP contribution in [0.25, 0.3) is 10.9 Å². The Labute approximate surface area is 262 Å². The lowest BCUT2D eigenvalue weighted by molar-refractivity contribution is -0.177. The molecule has 7 rings (SSSR count). The maximum Gasteiger partial charge on any atom is 0.309 e. The molecule has 43 heavy (non-hydrogen) atoms. The Kier molecular flexibility index (Phi) is 6.02. The van der Waals surface area contributed by atoms with Crippen molar-refractivity contribution in [2.24, 2.45) is 27.6 Å². The number of fused-ring (bicyclic) bond motifs is 8. The summed E-state index contributed by atoms with van der Waals surface area (Å²) in [6.45, 7) is 13.6. The molecule has 1 unspecified atom stereocenters. The first-order valence-corrected chi connectivity index (χ1v) is 16.7. The highest BCUT2D eigenvalue weighted by Gasteiger charge is 2.67. The van der Waals surface area contributed by atoms with E-state index in [0.717, 1.165) is 77.0 Å². The van der Waals surface area contributed by atoms with E-state index in [-0.39, 0.29) is 39.1 Å². The summed E-state index contributed by atoms with van der Waals surface area (Å²) in [7, 11) is 0. The van der Waals surface area contributed by atoms with Crippen LogP contribution in [0.3, 0.4) is 0 Å². The van der Waals surface area contributed by atoms with Gasteiger partial charge < -0.3 is 20.3 Å². The van der Waals surface area contributed by atoms with Gasteiger partial charge in [-0.2, -0.15) is 0 Å². The van der Waals surface area contributed by atoms with Crippen LogP contribution in [0.5, 0.6) is 11.5 Å². The van der Waals surface area contributed by atoms with E-state index in [1.54, 1.807) is 0 Å². The van der Waals surface area contributed by atoms with Crippen molar-refractivity contribution in [3.05, 3.63) is 68.8 Å². The summed E-state index contributed by atoms with van der Waals surface area (Å²) in [4.78, 5) is 16.0. The highest BCUT2D eigenvalue weighted by atomic mass is 79.9. The number of rotatable bonds is 2. The molecule has 1 aromatic heterocycles. The summed E-state index contributed by atoms with van der Waals surface area (Å²) >= 11 is 3.62. The number of benzene rings is 2. The van der Waals surface area contributed by atoms with E-state index in [9.17, 15) is 20.1 Å². The predicted octanol–water partition coefficient (Wildman–Crippen LogP) is 9.48. The number of nitrogens with one attached hydrogen (secondary N) is 1. The molecule has 0 aliphatic heterocycles. The Morgan fingerprint density at radius 3 is 2.42 bits per heavy atom. The third-order valence-electron chi connectivity index (χ3n) is 13.6. The van der Waals surface area contributed by atoms with Crippen LogP contribution in [0.1, 0.15) is 108 Å². The summed E-state index contributed by atoms with van der Waals surface area (Å²) < 4.78 is 1.02.